The van der Waals surface area contributed by atoms with Crippen LogP contribution in [0.4, 0.5) is 0 Å². The van der Waals surface area contributed by atoms with Gasteiger partial charge in [-0.05, 0) is 30.5 Å². The Morgan fingerprint density at radius 3 is 2.50 bits per heavy atom. The van der Waals surface area contributed by atoms with Crippen LogP contribution in [-0.2, 0) is 14.6 Å². The third kappa shape index (κ3) is 4.05. The molecule has 1 amide bonds. The lowest BCUT2D eigenvalue weighted by Crippen LogP contribution is -2.52. The highest BCUT2D eigenvalue weighted by atomic mass is 32.2. The summed E-state index contributed by atoms with van der Waals surface area (Å²) in [5, 5.41) is 0. The van der Waals surface area contributed by atoms with E-state index in [0.717, 1.165) is 30.6 Å². The average Bonchev–Trinajstić information content (AvgIpc) is 2.94. The molecule has 2 saturated heterocycles. The van der Waals surface area contributed by atoms with Crippen LogP contribution in [0.1, 0.15) is 17.5 Å². The van der Waals surface area contributed by atoms with Crippen LogP contribution in [0.25, 0.3) is 6.08 Å². The van der Waals surface area contributed by atoms with Gasteiger partial charge in [0, 0.05) is 38.3 Å². The van der Waals surface area contributed by atoms with Crippen LogP contribution in [0, 0.1) is 6.92 Å². The molecule has 2 heterocycles. The van der Waals surface area contributed by atoms with Crippen molar-refractivity contribution in [2.45, 2.75) is 19.4 Å². The fraction of sp³-hybridized carbons (Fsp3) is 0.500. The van der Waals surface area contributed by atoms with Gasteiger partial charge in [0.25, 0.3) is 0 Å². The maximum atomic E-state index is 12.3. The Labute approximate surface area is 143 Å². The second-order valence-corrected chi connectivity index (χ2v) is 8.84. The molecule has 0 spiro atoms. The zero-order valence-corrected chi connectivity index (χ0v) is 14.8. The summed E-state index contributed by atoms with van der Waals surface area (Å²) in [6.07, 6.45) is 4.23. The molecular weight excluding hydrogens is 324 g/mol. The Morgan fingerprint density at radius 2 is 1.88 bits per heavy atom. The van der Waals surface area contributed by atoms with Crippen LogP contribution < -0.4 is 0 Å². The fourth-order valence-electron chi connectivity index (χ4n) is 3.41. The molecule has 5 nitrogen and oxygen atoms in total. The maximum absolute atomic E-state index is 12.3. The number of carbonyl (C=O) groups excluding carboxylic acids is 1. The quantitative estimate of drug-likeness (QED) is 0.774. The number of benzene rings is 1. The highest BCUT2D eigenvalue weighted by molar-refractivity contribution is 7.91. The molecule has 0 saturated carbocycles. The molecule has 2 aliphatic heterocycles. The monoisotopic (exact) mass is 348 g/mol. The minimum Gasteiger partial charge on any atom is -0.337 e. The summed E-state index contributed by atoms with van der Waals surface area (Å²) in [6.45, 7) is 4.85. The van der Waals surface area contributed by atoms with Gasteiger partial charge in [-0.2, -0.15) is 0 Å². The molecule has 1 aromatic rings. The van der Waals surface area contributed by atoms with Gasteiger partial charge in [-0.25, -0.2) is 8.42 Å². The Bertz CT molecular complexity index is 734. The van der Waals surface area contributed by atoms with Crippen molar-refractivity contribution in [1.29, 1.82) is 0 Å². The molecule has 1 aromatic carbocycles. The van der Waals surface area contributed by atoms with E-state index in [0.29, 0.717) is 18.8 Å². The first kappa shape index (κ1) is 17.2. The minimum atomic E-state index is -2.85. The zero-order chi connectivity index (χ0) is 17.2. The van der Waals surface area contributed by atoms with Gasteiger partial charge in [0.1, 0.15) is 0 Å². The van der Waals surface area contributed by atoms with Crippen molar-refractivity contribution in [2.75, 3.05) is 37.7 Å². The van der Waals surface area contributed by atoms with Crippen LogP contribution in [0.15, 0.2) is 30.3 Å². The van der Waals surface area contributed by atoms with Gasteiger partial charge in [-0.1, -0.05) is 24.3 Å². The highest BCUT2D eigenvalue weighted by Gasteiger charge is 2.34. The fourth-order valence-corrected chi connectivity index (χ4v) is 5.17. The van der Waals surface area contributed by atoms with Crippen LogP contribution in [-0.4, -0.2) is 67.9 Å². The summed E-state index contributed by atoms with van der Waals surface area (Å²) in [6, 6.07) is 8.10. The van der Waals surface area contributed by atoms with Crippen LogP contribution in [0.5, 0.6) is 0 Å². The predicted octanol–water partition coefficient (Wildman–Crippen LogP) is 1.34. The van der Waals surface area contributed by atoms with Crippen LogP contribution in [0.3, 0.4) is 0 Å². The molecule has 0 unspecified atom stereocenters. The predicted molar refractivity (Wildman–Crippen MR) is 95.4 cm³/mol. The first-order valence-corrected chi connectivity index (χ1v) is 10.2. The molecule has 0 aliphatic carbocycles. The lowest BCUT2D eigenvalue weighted by atomic mass is 10.1. The van der Waals surface area contributed by atoms with E-state index in [9.17, 15) is 13.2 Å². The number of carbonyl (C=O) groups is 1. The molecule has 6 heteroatoms. The molecule has 130 valence electrons. The molecular formula is C18H24N2O3S. The largest absolute Gasteiger partial charge is 0.337 e. The SMILES string of the molecule is Cc1ccccc1/C=C/C(=O)N1CCN([C@H]2CCS(=O)(=O)C2)CC1. The molecule has 0 N–H and O–H groups in total. The van der Waals surface area contributed by atoms with Gasteiger partial charge in [-0.3, -0.25) is 9.69 Å². The third-order valence-electron chi connectivity index (χ3n) is 4.94. The molecule has 24 heavy (non-hydrogen) atoms. The Kier molecular flexibility index (Phi) is 5.06. The second-order valence-electron chi connectivity index (χ2n) is 6.61. The molecule has 2 fully saturated rings. The summed E-state index contributed by atoms with van der Waals surface area (Å²) in [4.78, 5) is 16.4. The van der Waals surface area contributed by atoms with Crippen molar-refractivity contribution < 1.29 is 13.2 Å². The number of nitrogens with zero attached hydrogens (tertiary/aromatic N) is 2. The van der Waals surface area contributed by atoms with E-state index >= 15 is 0 Å². The number of rotatable bonds is 3. The number of piperazine rings is 1. The number of amides is 1. The van der Waals surface area contributed by atoms with Gasteiger partial charge < -0.3 is 4.90 Å². The van der Waals surface area contributed by atoms with E-state index in [2.05, 4.69) is 4.90 Å². The smallest absolute Gasteiger partial charge is 0.246 e. The first-order valence-electron chi connectivity index (χ1n) is 8.42. The summed E-state index contributed by atoms with van der Waals surface area (Å²) in [5.74, 6) is 0.598. The second kappa shape index (κ2) is 7.07. The number of hydrogen-bond acceptors (Lipinski definition) is 4. The van der Waals surface area contributed by atoms with E-state index in [1.807, 2.05) is 42.2 Å². The van der Waals surface area contributed by atoms with Crippen molar-refractivity contribution in [3.05, 3.63) is 41.5 Å². The van der Waals surface area contributed by atoms with Gasteiger partial charge in [0.05, 0.1) is 11.5 Å². The van der Waals surface area contributed by atoms with Gasteiger partial charge in [-0.15, -0.1) is 0 Å². The van der Waals surface area contributed by atoms with Gasteiger partial charge >= 0.3 is 0 Å². The normalized spacial score (nSPS) is 24.5. The first-order chi connectivity index (χ1) is 11.4. The van der Waals surface area contributed by atoms with E-state index < -0.39 is 9.84 Å². The summed E-state index contributed by atoms with van der Waals surface area (Å²) < 4.78 is 23.2. The average molecular weight is 348 g/mol. The van der Waals surface area contributed by atoms with Gasteiger partial charge in [0.15, 0.2) is 9.84 Å². The third-order valence-corrected chi connectivity index (χ3v) is 6.70. The Balaban J connectivity index is 1.53. The lowest BCUT2D eigenvalue weighted by molar-refractivity contribution is -0.127. The molecule has 0 radical (unpaired) electrons. The number of sulfone groups is 1. The van der Waals surface area contributed by atoms with Crippen molar-refractivity contribution in [2.24, 2.45) is 0 Å². The molecule has 0 bridgehead atoms. The maximum Gasteiger partial charge on any atom is 0.246 e. The highest BCUT2D eigenvalue weighted by Crippen LogP contribution is 2.19. The van der Waals surface area contributed by atoms with Crippen LogP contribution >= 0.6 is 0 Å². The molecule has 2 aliphatic rings. The summed E-state index contributed by atoms with van der Waals surface area (Å²) >= 11 is 0. The standard InChI is InChI=1S/C18H24N2O3S/c1-15-4-2-3-5-16(15)6-7-18(21)20-11-9-19(10-12-20)17-8-13-24(22,23)14-17/h2-7,17H,8-14H2,1H3/b7-6+/t17-/m0/s1. The van der Waals surface area contributed by atoms with Crippen molar-refractivity contribution in [3.8, 4) is 0 Å². The summed E-state index contributed by atoms with van der Waals surface area (Å²) in [5.41, 5.74) is 2.20. The van der Waals surface area contributed by atoms with Crippen molar-refractivity contribution in [3.63, 3.8) is 0 Å². The number of aryl methyl sites for hydroxylation is 1. The summed E-state index contributed by atoms with van der Waals surface area (Å²) in [7, 11) is -2.85. The Hall–Kier alpha value is -1.66. The van der Waals surface area contributed by atoms with E-state index in [1.165, 1.54) is 0 Å². The molecule has 1 atom stereocenters. The van der Waals surface area contributed by atoms with Gasteiger partial charge in [0.2, 0.25) is 5.91 Å². The molecule has 0 aromatic heterocycles. The van der Waals surface area contributed by atoms with E-state index in [-0.39, 0.29) is 17.7 Å². The van der Waals surface area contributed by atoms with Crippen molar-refractivity contribution >= 4 is 21.8 Å². The lowest BCUT2D eigenvalue weighted by Gasteiger charge is -2.37. The zero-order valence-electron chi connectivity index (χ0n) is 14.0. The van der Waals surface area contributed by atoms with E-state index in [1.54, 1.807) is 6.08 Å². The van der Waals surface area contributed by atoms with Crippen molar-refractivity contribution in [1.82, 2.24) is 9.80 Å². The number of hydrogen-bond donors (Lipinski definition) is 0. The Morgan fingerprint density at radius 1 is 1.17 bits per heavy atom. The van der Waals surface area contributed by atoms with Crippen LogP contribution in [0.2, 0.25) is 0 Å². The molecule has 3 rings (SSSR count). The topological polar surface area (TPSA) is 57.7 Å². The van der Waals surface area contributed by atoms with E-state index in [4.69, 9.17) is 0 Å². The minimum absolute atomic E-state index is 0.0250.